The van der Waals surface area contributed by atoms with Gasteiger partial charge in [0.1, 0.15) is 0 Å². The molecule has 1 aromatic carbocycles. The molecular weight excluding hydrogens is 368 g/mol. The number of benzene rings is 1. The Morgan fingerprint density at radius 3 is 2.07 bits per heavy atom. The van der Waals surface area contributed by atoms with E-state index in [1.165, 1.54) is 11.8 Å². The highest BCUT2D eigenvalue weighted by molar-refractivity contribution is 5.91. The summed E-state index contributed by atoms with van der Waals surface area (Å²) in [6, 6.07) is 13.9. The number of carbonyl (C=O) groups excluding carboxylic acids is 2. The number of carbonyl (C=O) groups is 2. The van der Waals surface area contributed by atoms with Crippen LogP contribution >= 0.6 is 0 Å². The number of furan rings is 1. The van der Waals surface area contributed by atoms with Crippen LogP contribution < -0.4 is 0 Å². The highest BCUT2D eigenvalue weighted by Gasteiger charge is 2.27. The molecule has 3 heterocycles. The van der Waals surface area contributed by atoms with Crippen LogP contribution in [0.1, 0.15) is 16.1 Å². The summed E-state index contributed by atoms with van der Waals surface area (Å²) in [5.74, 6) is 0.494. The second-order valence-corrected chi connectivity index (χ2v) is 7.69. The van der Waals surface area contributed by atoms with Crippen LogP contribution in [0.25, 0.3) is 0 Å². The van der Waals surface area contributed by atoms with Gasteiger partial charge in [0.05, 0.1) is 12.8 Å². The first kappa shape index (κ1) is 19.7. The number of amides is 2. The topological polar surface area (TPSA) is 60.2 Å². The lowest BCUT2D eigenvalue weighted by Crippen LogP contribution is -2.54. The van der Waals surface area contributed by atoms with E-state index >= 15 is 0 Å². The lowest BCUT2D eigenvalue weighted by Gasteiger charge is -2.37. The molecule has 7 heteroatoms. The van der Waals surface area contributed by atoms with Crippen LogP contribution in [0.15, 0.2) is 53.1 Å². The molecule has 154 valence electrons. The fourth-order valence-corrected chi connectivity index (χ4v) is 3.95. The first-order valence-electron chi connectivity index (χ1n) is 10.3. The van der Waals surface area contributed by atoms with Crippen molar-refractivity contribution >= 4 is 11.8 Å². The van der Waals surface area contributed by atoms with Gasteiger partial charge in [0.15, 0.2) is 5.76 Å². The van der Waals surface area contributed by atoms with Crippen LogP contribution in [-0.4, -0.2) is 90.3 Å². The second kappa shape index (κ2) is 9.24. The molecule has 2 aromatic rings. The fraction of sp³-hybridized carbons (Fsp3) is 0.455. The van der Waals surface area contributed by atoms with Crippen LogP contribution in [-0.2, 0) is 11.3 Å². The van der Waals surface area contributed by atoms with E-state index in [9.17, 15) is 9.59 Å². The molecule has 4 rings (SSSR count). The average molecular weight is 396 g/mol. The van der Waals surface area contributed by atoms with E-state index in [-0.39, 0.29) is 11.8 Å². The van der Waals surface area contributed by atoms with E-state index in [4.69, 9.17) is 4.42 Å². The Hall–Kier alpha value is -2.64. The summed E-state index contributed by atoms with van der Waals surface area (Å²) in [7, 11) is 0. The summed E-state index contributed by atoms with van der Waals surface area (Å²) in [5.41, 5.74) is 1.31. The van der Waals surface area contributed by atoms with E-state index in [0.717, 1.165) is 32.7 Å². The molecule has 0 atom stereocenters. The molecule has 7 nitrogen and oxygen atoms in total. The minimum absolute atomic E-state index is 0.0736. The van der Waals surface area contributed by atoms with Crippen molar-refractivity contribution in [3.63, 3.8) is 0 Å². The summed E-state index contributed by atoms with van der Waals surface area (Å²) in [4.78, 5) is 33.3. The smallest absolute Gasteiger partial charge is 0.289 e. The quantitative estimate of drug-likeness (QED) is 0.764. The van der Waals surface area contributed by atoms with Crippen LogP contribution in [0.5, 0.6) is 0 Å². The molecule has 2 aliphatic heterocycles. The van der Waals surface area contributed by atoms with Gasteiger partial charge in [0.2, 0.25) is 5.91 Å². The lowest BCUT2D eigenvalue weighted by atomic mass is 10.2. The predicted octanol–water partition coefficient (Wildman–Crippen LogP) is 1.38. The van der Waals surface area contributed by atoms with Crippen molar-refractivity contribution in [1.29, 1.82) is 0 Å². The number of hydrogen-bond donors (Lipinski definition) is 0. The van der Waals surface area contributed by atoms with Gasteiger partial charge in [-0.2, -0.15) is 0 Å². The molecule has 2 fully saturated rings. The molecular formula is C22H28N4O3. The zero-order valence-corrected chi connectivity index (χ0v) is 16.7. The summed E-state index contributed by atoms with van der Waals surface area (Å²) >= 11 is 0. The molecule has 0 saturated carbocycles. The van der Waals surface area contributed by atoms with Crippen LogP contribution in [0.2, 0.25) is 0 Å². The van der Waals surface area contributed by atoms with Crippen LogP contribution in [0.3, 0.4) is 0 Å². The normalized spacial score (nSPS) is 18.8. The third-order valence-electron chi connectivity index (χ3n) is 5.72. The first-order valence-corrected chi connectivity index (χ1v) is 10.3. The zero-order chi connectivity index (χ0) is 20.1. The van der Waals surface area contributed by atoms with Gasteiger partial charge < -0.3 is 14.2 Å². The third kappa shape index (κ3) is 5.05. The molecule has 2 aliphatic rings. The summed E-state index contributed by atoms with van der Waals surface area (Å²) < 4.78 is 5.20. The molecule has 1 aromatic heterocycles. The van der Waals surface area contributed by atoms with Gasteiger partial charge in [-0.05, 0) is 17.7 Å². The van der Waals surface area contributed by atoms with E-state index < -0.39 is 0 Å². The second-order valence-electron chi connectivity index (χ2n) is 7.69. The molecule has 0 bridgehead atoms. The average Bonchev–Trinajstić information content (AvgIpc) is 3.30. The highest BCUT2D eigenvalue weighted by Crippen LogP contribution is 2.11. The summed E-state index contributed by atoms with van der Waals surface area (Å²) in [5, 5.41) is 0. The number of rotatable bonds is 5. The van der Waals surface area contributed by atoms with Crippen molar-refractivity contribution < 1.29 is 14.0 Å². The zero-order valence-electron chi connectivity index (χ0n) is 16.7. The minimum atomic E-state index is -0.0736. The van der Waals surface area contributed by atoms with Crippen molar-refractivity contribution in [2.24, 2.45) is 0 Å². The van der Waals surface area contributed by atoms with E-state index in [1.807, 2.05) is 11.0 Å². The van der Waals surface area contributed by atoms with Crippen LogP contribution in [0.4, 0.5) is 0 Å². The Labute approximate surface area is 171 Å². The van der Waals surface area contributed by atoms with Gasteiger partial charge in [-0.25, -0.2) is 0 Å². The number of nitrogens with zero attached hydrogens (tertiary/aromatic N) is 4. The largest absolute Gasteiger partial charge is 0.459 e. The Kier molecular flexibility index (Phi) is 6.27. The summed E-state index contributed by atoms with van der Waals surface area (Å²) in [6.07, 6.45) is 1.52. The van der Waals surface area contributed by atoms with Crippen LogP contribution in [0, 0.1) is 0 Å². The lowest BCUT2D eigenvalue weighted by molar-refractivity contribution is -0.134. The maximum Gasteiger partial charge on any atom is 0.289 e. The molecule has 2 saturated heterocycles. The Morgan fingerprint density at radius 2 is 1.41 bits per heavy atom. The van der Waals surface area contributed by atoms with Gasteiger partial charge >= 0.3 is 0 Å². The SMILES string of the molecule is O=C(CN1CCN(C(=O)c2ccco2)CC1)N1CCN(Cc2ccccc2)CC1. The number of piperazine rings is 2. The Balaban J connectivity index is 1.18. The minimum Gasteiger partial charge on any atom is -0.459 e. The van der Waals surface area contributed by atoms with E-state index in [2.05, 4.69) is 34.1 Å². The highest BCUT2D eigenvalue weighted by atomic mass is 16.3. The molecule has 0 unspecified atom stereocenters. The maximum atomic E-state index is 12.7. The molecule has 29 heavy (non-hydrogen) atoms. The first-order chi connectivity index (χ1) is 14.2. The fourth-order valence-electron chi connectivity index (χ4n) is 3.95. The van der Waals surface area contributed by atoms with Crippen molar-refractivity contribution in [1.82, 2.24) is 19.6 Å². The standard InChI is InChI=1S/C22H28N4O3/c27-21(25-12-8-23(9-13-25)17-19-5-2-1-3-6-19)18-24-10-14-26(15-11-24)22(28)20-7-4-16-29-20/h1-7,16H,8-15,17-18H2. The predicted molar refractivity (Wildman–Crippen MR) is 109 cm³/mol. The summed E-state index contributed by atoms with van der Waals surface area (Å²) in [6.45, 7) is 7.42. The van der Waals surface area contributed by atoms with Crippen molar-refractivity contribution in [3.8, 4) is 0 Å². The molecule has 0 radical (unpaired) electrons. The Bertz CT molecular complexity index is 793. The van der Waals surface area contributed by atoms with Crippen molar-refractivity contribution in [2.75, 3.05) is 58.9 Å². The van der Waals surface area contributed by atoms with Gasteiger partial charge in [0, 0.05) is 58.9 Å². The Morgan fingerprint density at radius 1 is 0.759 bits per heavy atom. The molecule has 0 N–H and O–H groups in total. The van der Waals surface area contributed by atoms with E-state index in [0.29, 0.717) is 38.5 Å². The van der Waals surface area contributed by atoms with Gasteiger partial charge in [-0.3, -0.25) is 19.4 Å². The van der Waals surface area contributed by atoms with E-state index in [1.54, 1.807) is 17.0 Å². The van der Waals surface area contributed by atoms with Crippen molar-refractivity contribution in [3.05, 3.63) is 60.1 Å². The third-order valence-corrected chi connectivity index (χ3v) is 5.72. The molecule has 2 amide bonds. The van der Waals surface area contributed by atoms with Gasteiger partial charge in [-0.1, -0.05) is 30.3 Å². The van der Waals surface area contributed by atoms with Crippen molar-refractivity contribution in [2.45, 2.75) is 6.54 Å². The monoisotopic (exact) mass is 396 g/mol. The molecule has 0 aliphatic carbocycles. The number of hydrogen-bond acceptors (Lipinski definition) is 5. The van der Waals surface area contributed by atoms with Gasteiger partial charge in [-0.15, -0.1) is 0 Å². The maximum absolute atomic E-state index is 12.7. The van der Waals surface area contributed by atoms with Gasteiger partial charge in [0.25, 0.3) is 5.91 Å². The molecule has 0 spiro atoms.